The first-order valence-corrected chi connectivity index (χ1v) is 19.7. The molecular formula is C44H34O23. The van der Waals surface area contributed by atoms with Gasteiger partial charge in [0.25, 0.3) is 0 Å². The van der Waals surface area contributed by atoms with Gasteiger partial charge in [-0.15, -0.1) is 0 Å². The minimum Gasteiger partial charge on any atom is -0.508 e. The number of benzene rings is 5. The molecule has 4 heterocycles. The molecule has 1 saturated heterocycles. The lowest BCUT2D eigenvalue weighted by molar-refractivity contribution is -0.196. The molecule has 0 radical (unpaired) electrons. The molecule has 0 bridgehead atoms. The molecule has 1 fully saturated rings. The Morgan fingerprint density at radius 3 is 1.57 bits per heavy atom. The first-order valence-electron chi connectivity index (χ1n) is 19.7. The Bertz CT molecular complexity index is 2930. The molecule has 67 heavy (non-hydrogen) atoms. The standard InChI is InChI=1S/C44H34O23/c45-15-5-20(47)17-10-29(64-42(60)13-1-22(49)34(55)23(50)2-13)37(62-27(17)7-15)19-9-26(53)36(57)38-32(19)33-39(41(58)59)66-31(54)12-44(33,67-38)40-30(11-18-21(48)6-16(46)8-28(18)63-40)65-43(61)14-3-24(51)35(56)25(52)4-14/h1-9,29-30,33,37,39-40,45-53,55-57H,10-12H2,(H,58,59)/t29-,30?,33-,37-,39+,40+,44-/m1/s1. The summed E-state index contributed by atoms with van der Waals surface area (Å²) in [7, 11) is 0. The van der Waals surface area contributed by atoms with Crippen LogP contribution in [0.25, 0.3) is 0 Å². The molecule has 7 atom stereocenters. The fraction of sp³-hybridized carbons (Fsp3) is 0.227. The van der Waals surface area contributed by atoms with E-state index in [2.05, 4.69) is 0 Å². The van der Waals surface area contributed by atoms with Crippen LogP contribution in [0.4, 0.5) is 0 Å². The summed E-state index contributed by atoms with van der Waals surface area (Å²) in [5.74, 6) is -18.8. The number of aromatic hydroxyl groups is 12. The second-order valence-corrected chi connectivity index (χ2v) is 16.0. The van der Waals surface area contributed by atoms with E-state index >= 15 is 0 Å². The Hall–Kier alpha value is -9.02. The van der Waals surface area contributed by atoms with E-state index in [1.165, 1.54) is 0 Å². The van der Waals surface area contributed by atoms with Crippen molar-refractivity contribution in [1.82, 2.24) is 0 Å². The highest BCUT2D eigenvalue weighted by Crippen LogP contribution is 2.62. The number of carboxylic acids is 1. The number of aliphatic carboxylic acids is 1. The number of carbonyl (C=O) groups excluding carboxylic acids is 3. The lowest BCUT2D eigenvalue weighted by Gasteiger charge is -2.48. The topological polar surface area (TPSA) is 387 Å². The normalized spacial score (nSPS) is 23.4. The van der Waals surface area contributed by atoms with Crippen LogP contribution >= 0.6 is 0 Å². The second kappa shape index (κ2) is 15.3. The summed E-state index contributed by atoms with van der Waals surface area (Å²) in [5.41, 5.74) is -4.49. The number of cyclic esters (lactones) is 1. The van der Waals surface area contributed by atoms with Crippen LogP contribution in [-0.4, -0.2) is 120 Å². The average Bonchev–Trinajstić information content (AvgIpc) is 3.61. The molecule has 0 aromatic heterocycles. The van der Waals surface area contributed by atoms with E-state index in [0.717, 1.165) is 54.6 Å². The van der Waals surface area contributed by atoms with Crippen LogP contribution in [0.3, 0.4) is 0 Å². The number of esters is 3. The van der Waals surface area contributed by atoms with Crippen molar-refractivity contribution in [2.24, 2.45) is 0 Å². The molecule has 0 saturated carbocycles. The Labute approximate surface area is 372 Å². The summed E-state index contributed by atoms with van der Waals surface area (Å²) in [6.45, 7) is 0. The third-order valence-electron chi connectivity index (χ3n) is 11.9. The van der Waals surface area contributed by atoms with E-state index in [-0.39, 0.29) is 28.2 Å². The zero-order valence-corrected chi connectivity index (χ0v) is 33.7. The van der Waals surface area contributed by atoms with Crippen LogP contribution < -0.4 is 14.2 Å². The van der Waals surface area contributed by atoms with Crippen LogP contribution in [0.2, 0.25) is 0 Å². The Kier molecular flexibility index (Phi) is 9.88. The number of hydrogen-bond acceptors (Lipinski definition) is 22. The number of rotatable bonds is 7. The van der Waals surface area contributed by atoms with Gasteiger partial charge in [0, 0.05) is 59.4 Å². The first-order chi connectivity index (χ1) is 31.6. The Morgan fingerprint density at radius 1 is 0.567 bits per heavy atom. The van der Waals surface area contributed by atoms with E-state index in [9.17, 15) is 85.6 Å². The number of ether oxygens (including phenoxy) is 6. The molecule has 4 aliphatic heterocycles. The molecule has 348 valence electrons. The predicted octanol–water partition coefficient (Wildman–Crippen LogP) is 2.90. The Balaban J connectivity index is 1.23. The zero-order valence-electron chi connectivity index (χ0n) is 33.7. The third-order valence-corrected chi connectivity index (χ3v) is 11.9. The van der Waals surface area contributed by atoms with E-state index in [4.69, 9.17) is 28.4 Å². The molecule has 0 spiro atoms. The highest BCUT2D eigenvalue weighted by Gasteiger charge is 2.68. The van der Waals surface area contributed by atoms with Gasteiger partial charge in [-0.1, -0.05) is 0 Å². The van der Waals surface area contributed by atoms with Gasteiger partial charge >= 0.3 is 23.9 Å². The molecule has 23 nitrogen and oxygen atoms in total. The van der Waals surface area contributed by atoms with E-state index < -0.39 is 177 Å². The van der Waals surface area contributed by atoms with Gasteiger partial charge in [0.05, 0.1) is 23.5 Å². The van der Waals surface area contributed by atoms with Crippen molar-refractivity contribution in [1.29, 1.82) is 0 Å². The van der Waals surface area contributed by atoms with Gasteiger partial charge in [0.2, 0.25) is 11.9 Å². The van der Waals surface area contributed by atoms with E-state index in [0.29, 0.717) is 0 Å². The molecule has 5 aromatic rings. The van der Waals surface area contributed by atoms with E-state index in [1.54, 1.807) is 0 Å². The van der Waals surface area contributed by atoms with Crippen molar-refractivity contribution in [3.05, 3.63) is 88.0 Å². The lowest BCUT2D eigenvalue weighted by Crippen LogP contribution is -2.65. The van der Waals surface area contributed by atoms with Crippen LogP contribution in [-0.2, 0) is 36.6 Å². The van der Waals surface area contributed by atoms with Crippen LogP contribution in [0.1, 0.15) is 61.4 Å². The third kappa shape index (κ3) is 6.99. The smallest absolute Gasteiger partial charge is 0.345 e. The summed E-state index contributed by atoms with van der Waals surface area (Å²) >= 11 is 0. The highest BCUT2D eigenvalue weighted by molar-refractivity contribution is 5.92. The first kappa shape index (κ1) is 43.2. The summed E-state index contributed by atoms with van der Waals surface area (Å²) < 4.78 is 36.1. The highest BCUT2D eigenvalue weighted by atomic mass is 16.6. The van der Waals surface area contributed by atoms with Crippen LogP contribution in [0, 0.1) is 0 Å². The van der Waals surface area contributed by atoms with Crippen LogP contribution in [0.15, 0.2) is 54.6 Å². The molecule has 5 aromatic carbocycles. The number of carboxylic acid groups (broad SMARTS) is 1. The zero-order chi connectivity index (χ0) is 48.1. The number of hydrogen-bond donors (Lipinski definition) is 13. The van der Waals surface area contributed by atoms with Crippen LogP contribution in [0.5, 0.6) is 86.2 Å². The fourth-order valence-corrected chi connectivity index (χ4v) is 9.02. The quantitative estimate of drug-likeness (QED) is 0.0634. The van der Waals surface area contributed by atoms with Crippen molar-refractivity contribution in [2.45, 2.75) is 61.3 Å². The maximum absolute atomic E-state index is 13.8. The number of carbonyl (C=O) groups is 4. The van der Waals surface area contributed by atoms with Gasteiger partial charge in [-0.25, -0.2) is 14.4 Å². The molecule has 4 aliphatic rings. The summed E-state index contributed by atoms with van der Waals surface area (Å²) in [4.78, 5) is 54.5. The molecule has 0 amide bonds. The minimum atomic E-state index is -2.51. The Morgan fingerprint density at radius 2 is 1.04 bits per heavy atom. The number of phenolic OH excluding ortho intramolecular Hbond substituents is 12. The predicted molar refractivity (Wildman–Crippen MR) is 214 cm³/mol. The largest absolute Gasteiger partial charge is 0.508 e. The van der Waals surface area contributed by atoms with Gasteiger partial charge in [0.1, 0.15) is 46.7 Å². The molecule has 13 N–H and O–H groups in total. The number of fused-ring (bicyclic) bond motifs is 5. The average molecular weight is 931 g/mol. The van der Waals surface area contributed by atoms with Crippen molar-refractivity contribution in [3.63, 3.8) is 0 Å². The van der Waals surface area contributed by atoms with Crippen molar-refractivity contribution >= 4 is 23.9 Å². The van der Waals surface area contributed by atoms with Gasteiger partial charge < -0.3 is 94.8 Å². The van der Waals surface area contributed by atoms with Crippen molar-refractivity contribution in [3.8, 4) is 86.2 Å². The van der Waals surface area contributed by atoms with Gasteiger partial charge in [-0.2, -0.15) is 0 Å². The maximum atomic E-state index is 13.8. The summed E-state index contributed by atoms with van der Waals surface area (Å²) in [6.07, 6.45) is -11.5. The fourth-order valence-electron chi connectivity index (χ4n) is 9.02. The minimum absolute atomic E-state index is 0.0517. The molecule has 0 aliphatic carbocycles. The summed E-state index contributed by atoms with van der Waals surface area (Å²) in [6, 6.07) is 7.77. The summed E-state index contributed by atoms with van der Waals surface area (Å²) in [5, 5.41) is 137. The molecular weight excluding hydrogens is 896 g/mol. The molecule has 1 unspecified atom stereocenters. The van der Waals surface area contributed by atoms with Gasteiger partial charge in [0.15, 0.2) is 63.8 Å². The van der Waals surface area contributed by atoms with Gasteiger partial charge in [-0.05, 0) is 30.3 Å². The maximum Gasteiger partial charge on any atom is 0.345 e. The van der Waals surface area contributed by atoms with Gasteiger partial charge in [-0.3, -0.25) is 4.79 Å². The van der Waals surface area contributed by atoms with E-state index in [1.807, 2.05) is 0 Å². The molecule has 9 rings (SSSR count). The SMILES string of the molecule is O=C1C[C@@]2([C@H]3Oc4cc(O)cc(O)c4CC3OC(=O)c3cc(O)c(O)c(O)c3)Oc3c(O)c(O)cc([C@H]4Oc5cc(O)cc(O)c5C[C@H]4OC(=O)c4cc(O)c(O)c(O)c4)c3[C@@H]2[C@@H](C(=O)O)O1. The second-order valence-electron chi connectivity index (χ2n) is 16.0. The van der Waals surface area contributed by atoms with Crippen molar-refractivity contribution in [2.75, 3.05) is 0 Å². The monoisotopic (exact) mass is 930 g/mol. The number of phenols is 12. The van der Waals surface area contributed by atoms with Crippen molar-refractivity contribution < 1.29 is 114 Å². The lowest BCUT2D eigenvalue weighted by atomic mass is 9.69. The molecule has 23 heteroatoms.